The van der Waals surface area contributed by atoms with Gasteiger partial charge in [-0.25, -0.2) is 0 Å². The van der Waals surface area contributed by atoms with Gasteiger partial charge in [-0.05, 0) is 54.2 Å². The van der Waals surface area contributed by atoms with E-state index in [-0.39, 0.29) is 18.4 Å². The topological polar surface area (TPSA) is 40.6 Å². The molecule has 156 valence electrons. The third-order valence-electron chi connectivity index (χ3n) is 5.49. The van der Waals surface area contributed by atoms with Gasteiger partial charge in [0.25, 0.3) is 5.91 Å². The Bertz CT molecular complexity index is 996. The third-order valence-corrected chi connectivity index (χ3v) is 7.06. The molecule has 2 aliphatic heterocycles. The van der Waals surface area contributed by atoms with Crippen LogP contribution in [0.2, 0.25) is 0 Å². The molecular weight excluding hydrogens is 460 g/mol. The largest absolute Gasteiger partial charge is 0.341 e. The fraction of sp³-hybridized carbons (Fsp3) is 0.333. The lowest BCUT2D eigenvalue weighted by Crippen LogP contribution is -2.49. The second-order valence-electron chi connectivity index (χ2n) is 8.27. The molecule has 0 aromatic heterocycles. The number of anilines is 1. The Morgan fingerprint density at radius 3 is 2.60 bits per heavy atom. The van der Waals surface area contributed by atoms with E-state index in [0.29, 0.717) is 16.7 Å². The van der Waals surface area contributed by atoms with E-state index in [2.05, 4.69) is 29.8 Å². The molecule has 0 saturated carbocycles. The number of carbonyl (C=O) groups is 2. The first-order valence-electron chi connectivity index (χ1n) is 10.2. The molecule has 0 spiro atoms. The maximum Gasteiger partial charge on any atom is 0.265 e. The van der Waals surface area contributed by atoms with E-state index >= 15 is 0 Å². The van der Waals surface area contributed by atoms with Crippen LogP contribution >= 0.6 is 27.7 Å². The highest BCUT2D eigenvalue weighted by atomic mass is 79.9. The number of rotatable bonds is 3. The van der Waals surface area contributed by atoms with Crippen LogP contribution < -0.4 is 4.90 Å². The summed E-state index contributed by atoms with van der Waals surface area (Å²) in [6, 6.07) is 15.7. The molecular formula is C24H25BrN2O2S. The van der Waals surface area contributed by atoms with Gasteiger partial charge in [0.1, 0.15) is 6.54 Å². The van der Waals surface area contributed by atoms with E-state index in [9.17, 15) is 9.59 Å². The van der Waals surface area contributed by atoms with Crippen LogP contribution in [-0.4, -0.2) is 36.3 Å². The minimum Gasteiger partial charge on any atom is -0.341 e. The molecule has 1 fully saturated rings. The maximum atomic E-state index is 13.4. The molecule has 1 saturated heterocycles. The van der Waals surface area contributed by atoms with Crippen molar-refractivity contribution in [3.8, 4) is 0 Å². The first kappa shape index (κ1) is 21.2. The Labute approximate surface area is 190 Å². The summed E-state index contributed by atoms with van der Waals surface area (Å²) in [5.41, 5.74) is 1.76. The number of hydrogen-bond donors (Lipinski definition) is 0. The van der Waals surface area contributed by atoms with E-state index < -0.39 is 0 Å². The fourth-order valence-corrected chi connectivity index (χ4v) is 5.74. The van der Waals surface area contributed by atoms with Crippen molar-refractivity contribution in [2.24, 2.45) is 11.8 Å². The molecule has 0 unspecified atom stereocenters. The fourth-order valence-electron chi connectivity index (χ4n) is 4.27. The maximum absolute atomic E-state index is 13.4. The van der Waals surface area contributed by atoms with Crippen molar-refractivity contribution in [2.75, 3.05) is 24.5 Å². The molecule has 30 heavy (non-hydrogen) atoms. The minimum absolute atomic E-state index is 0.0188. The summed E-state index contributed by atoms with van der Waals surface area (Å²) < 4.78 is 0.964. The predicted octanol–water partition coefficient (Wildman–Crippen LogP) is 5.43. The molecule has 4 rings (SSSR count). The predicted molar refractivity (Wildman–Crippen MR) is 126 cm³/mol. The number of thioether (sulfide) groups is 1. The van der Waals surface area contributed by atoms with Crippen LogP contribution in [0, 0.1) is 11.8 Å². The van der Waals surface area contributed by atoms with Crippen molar-refractivity contribution in [3.05, 3.63) is 63.5 Å². The van der Waals surface area contributed by atoms with Crippen molar-refractivity contribution in [1.82, 2.24) is 4.90 Å². The summed E-state index contributed by atoms with van der Waals surface area (Å²) in [5, 5.41) is 0. The normalized spacial score (nSPS) is 22.9. The zero-order chi connectivity index (χ0) is 21.3. The lowest BCUT2D eigenvalue weighted by Gasteiger charge is -2.37. The smallest absolute Gasteiger partial charge is 0.265 e. The number of likely N-dealkylation sites (tertiary alicyclic amines) is 1. The first-order chi connectivity index (χ1) is 14.4. The van der Waals surface area contributed by atoms with Gasteiger partial charge in [-0.15, -0.1) is 0 Å². The van der Waals surface area contributed by atoms with Gasteiger partial charge in [-0.3, -0.25) is 14.5 Å². The molecule has 4 nitrogen and oxygen atoms in total. The van der Waals surface area contributed by atoms with E-state index in [1.54, 1.807) is 4.90 Å². The summed E-state index contributed by atoms with van der Waals surface area (Å²) in [4.78, 5) is 31.7. The Morgan fingerprint density at radius 1 is 1.13 bits per heavy atom. The number of halogens is 1. The van der Waals surface area contributed by atoms with Crippen LogP contribution in [0.4, 0.5) is 5.69 Å². The van der Waals surface area contributed by atoms with E-state index in [1.807, 2.05) is 59.5 Å². The average molecular weight is 485 g/mol. The summed E-state index contributed by atoms with van der Waals surface area (Å²) >= 11 is 4.95. The monoisotopic (exact) mass is 484 g/mol. The van der Waals surface area contributed by atoms with Gasteiger partial charge in [0, 0.05) is 22.5 Å². The number of benzene rings is 2. The van der Waals surface area contributed by atoms with Crippen molar-refractivity contribution in [3.63, 3.8) is 0 Å². The van der Waals surface area contributed by atoms with Crippen molar-refractivity contribution in [2.45, 2.75) is 25.2 Å². The number of fused-ring (bicyclic) bond motifs is 1. The number of carbonyl (C=O) groups excluding carboxylic acids is 2. The summed E-state index contributed by atoms with van der Waals surface area (Å²) in [6.45, 7) is 5.98. The number of hydrogen-bond acceptors (Lipinski definition) is 3. The minimum atomic E-state index is -0.120. The first-order valence-corrected chi connectivity index (χ1v) is 11.9. The molecule has 2 amide bonds. The summed E-state index contributed by atoms with van der Waals surface area (Å²) in [6.07, 6.45) is 3.04. The molecule has 2 aliphatic rings. The standard InChI is InChI=1S/C24H25BrN2O2S/c1-16-10-17(2)14-26(13-16)23(28)15-27-20-8-3-4-9-21(20)30-22(24(27)29)12-18-6-5-7-19(25)11-18/h3-9,11-12,16-17H,10,13-15H2,1-2H3/b22-12+/t16-,17-/m1/s1. The molecule has 2 aromatic carbocycles. The quantitative estimate of drug-likeness (QED) is 0.545. The third kappa shape index (κ3) is 4.65. The number of piperidine rings is 1. The highest BCUT2D eigenvalue weighted by Crippen LogP contribution is 2.42. The van der Waals surface area contributed by atoms with Crippen molar-refractivity contribution < 1.29 is 9.59 Å². The molecule has 2 atom stereocenters. The Morgan fingerprint density at radius 2 is 1.87 bits per heavy atom. The molecule has 2 heterocycles. The Kier molecular flexibility index (Phi) is 6.34. The van der Waals surface area contributed by atoms with Crippen LogP contribution in [0.1, 0.15) is 25.8 Å². The highest BCUT2D eigenvalue weighted by Gasteiger charge is 2.33. The second kappa shape index (κ2) is 8.98. The van der Waals surface area contributed by atoms with Crippen molar-refractivity contribution in [1.29, 1.82) is 0 Å². The summed E-state index contributed by atoms with van der Waals surface area (Å²) in [5.74, 6) is 0.879. The molecule has 0 bridgehead atoms. The van der Waals surface area contributed by atoms with E-state index in [0.717, 1.165) is 40.1 Å². The number of para-hydroxylation sites is 1. The Hall–Kier alpha value is -2.05. The van der Waals surface area contributed by atoms with Gasteiger partial charge in [0.15, 0.2) is 0 Å². The Balaban J connectivity index is 1.62. The van der Waals surface area contributed by atoms with E-state index in [1.165, 1.54) is 11.8 Å². The van der Waals surface area contributed by atoms with Crippen LogP contribution in [0.15, 0.2) is 62.8 Å². The zero-order valence-electron chi connectivity index (χ0n) is 17.2. The van der Waals surface area contributed by atoms with Crippen LogP contribution in [0.5, 0.6) is 0 Å². The lowest BCUT2D eigenvalue weighted by molar-refractivity contribution is -0.133. The number of amides is 2. The molecule has 2 aromatic rings. The van der Waals surface area contributed by atoms with Crippen LogP contribution in [0.3, 0.4) is 0 Å². The average Bonchev–Trinajstić information content (AvgIpc) is 2.70. The molecule has 0 radical (unpaired) electrons. The van der Waals surface area contributed by atoms with Gasteiger partial charge in [0.05, 0.1) is 10.6 Å². The van der Waals surface area contributed by atoms with Gasteiger partial charge >= 0.3 is 0 Å². The van der Waals surface area contributed by atoms with Crippen molar-refractivity contribution >= 4 is 51.3 Å². The van der Waals surface area contributed by atoms with Gasteiger partial charge in [-0.2, -0.15) is 0 Å². The zero-order valence-corrected chi connectivity index (χ0v) is 19.6. The van der Waals surface area contributed by atoms with Gasteiger partial charge in [-0.1, -0.05) is 65.8 Å². The van der Waals surface area contributed by atoms with Gasteiger partial charge in [0.2, 0.25) is 5.91 Å². The lowest BCUT2D eigenvalue weighted by atomic mass is 9.92. The van der Waals surface area contributed by atoms with E-state index in [4.69, 9.17) is 0 Å². The SMILES string of the molecule is C[C@@H]1C[C@@H](C)CN(C(=O)CN2C(=O)/C(=C\c3cccc(Br)c3)Sc3ccccc32)C1. The molecule has 6 heteroatoms. The van der Waals surface area contributed by atoms with Crippen LogP contribution in [-0.2, 0) is 9.59 Å². The number of nitrogens with zero attached hydrogens (tertiary/aromatic N) is 2. The summed E-state index contributed by atoms with van der Waals surface area (Å²) in [7, 11) is 0. The van der Waals surface area contributed by atoms with Gasteiger partial charge < -0.3 is 4.90 Å². The molecule has 0 aliphatic carbocycles. The highest BCUT2D eigenvalue weighted by molar-refractivity contribution is 9.10. The second-order valence-corrected chi connectivity index (χ2v) is 10.3. The molecule has 0 N–H and O–H groups in total. The van der Waals surface area contributed by atoms with Crippen LogP contribution in [0.25, 0.3) is 6.08 Å².